The van der Waals surface area contributed by atoms with Gasteiger partial charge < -0.3 is 10.5 Å². The van der Waals surface area contributed by atoms with Gasteiger partial charge in [-0.05, 0) is 13.0 Å². The third kappa shape index (κ3) is 2.90. The Morgan fingerprint density at radius 2 is 1.87 bits per heavy atom. The van der Waals surface area contributed by atoms with Crippen LogP contribution in [-0.4, -0.2) is 16.4 Å². The van der Waals surface area contributed by atoms with Crippen LogP contribution in [0.4, 0.5) is 8.78 Å². The number of nitrogens with two attached hydrogens (primary N) is 1. The molecule has 0 bridgehead atoms. The highest BCUT2D eigenvalue weighted by molar-refractivity contribution is 5.82. The predicted molar refractivity (Wildman–Crippen MR) is 84.3 cm³/mol. The average Bonchev–Trinajstić information content (AvgIpc) is 2.89. The average molecular weight is 317 g/mol. The number of hydrogen-bond donors (Lipinski definition) is 1. The molecule has 0 saturated carbocycles. The van der Waals surface area contributed by atoms with E-state index in [4.69, 9.17) is 10.5 Å². The highest BCUT2D eigenvalue weighted by Crippen LogP contribution is 2.24. The second-order valence-electron chi connectivity index (χ2n) is 5.12. The fraction of sp³-hybridized carbons (Fsp3) is 0.235. The van der Waals surface area contributed by atoms with E-state index in [1.807, 2.05) is 24.3 Å². The molecule has 2 N–H and O–H groups in total. The molecule has 3 rings (SSSR count). The summed E-state index contributed by atoms with van der Waals surface area (Å²) in [5, 5.41) is 5.26. The van der Waals surface area contributed by atoms with Crippen molar-refractivity contribution < 1.29 is 13.5 Å². The highest BCUT2D eigenvalue weighted by atomic mass is 19.1. The van der Waals surface area contributed by atoms with Crippen molar-refractivity contribution in [3.05, 3.63) is 59.3 Å². The number of hydrogen-bond acceptors (Lipinski definition) is 3. The summed E-state index contributed by atoms with van der Waals surface area (Å²) in [6.07, 6.45) is 0. The van der Waals surface area contributed by atoms with E-state index < -0.39 is 11.6 Å². The molecule has 0 aliphatic carbocycles. The number of ether oxygens (including phenoxy) is 1. The van der Waals surface area contributed by atoms with Crippen molar-refractivity contribution in [3.8, 4) is 5.75 Å². The van der Waals surface area contributed by atoms with Gasteiger partial charge in [0.2, 0.25) is 0 Å². The number of aromatic nitrogens is 2. The van der Waals surface area contributed by atoms with Crippen molar-refractivity contribution in [1.29, 1.82) is 0 Å². The molecule has 0 radical (unpaired) electrons. The molecule has 0 aliphatic rings. The van der Waals surface area contributed by atoms with E-state index in [1.165, 1.54) is 12.1 Å². The summed E-state index contributed by atoms with van der Waals surface area (Å²) in [5.74, 6) is -1.12. The zero-order valence-electron chi connectivity index (χ0n) is 12.7. The fourth-order valence-corrected chi connectivity index (χ4v) is 2.60. The first-order valence-corrected chi connectivity index (χ1v) is 7.39. The van der Waals surface area contributed by atoms with Crippen LogP contribution in [-0.2, 0) is 13.1 Å². The third-order valence-electron chi connectivity index (χ3n) is 3.66. The lowest BCUT2D eigenvalue weighted by Crippen LogP contribution is -2.08. The molecule has 0 atom stereocenters. The zero-order valence-corrected chi connectivity index (χ0v) is 12.7. The van der Waals surface area contributed by atoms with Crippen LogP contribution in [0.3, 0.4) is 0 Å². The molecule has 1 heterocycles. The van der Waals surface area contributed by atoms with E-state index in [9.17, 15) is 8.78 Å². The van der Waals surface area contributed by atoms with Crippen molar-refractivity contribution in [2.75, 3.05) is 6.61 Å². The minimum Gasteiger partial charge on any atom is -0.494 e. The van der Waals surface area contributed by atoms with E-state index in [0.717, 1.165) is 10.9 Å². The van der Waals surface area contributed by atoms with E-state index in [0.29, 0.717) is 12.3 Å². The van der Waals surface area contributed by atoms with Crippen LogP contribution in [0.15, 0.2) is 36.4 Å². The number of nitrogens with zero attached hydrogens (tertiary/aromatic N) is 2. The summed E-state index contributed by atoms with van der Waals surface area (Å²) in [7, 11) is 0. The van der Waals surface area contributed by atoms with Gasteiger partial charge in [0.15, 0.2) is 0 Å². The van der Waals surface area contributed by atoms with Crippen LogP contribution in [0.5, 0.6) is 5.75 Å². The van der Waals surface area contributed by atoms with Crippen molar-refractivity contribution in [2.45, 2.75) is 20.0 Å². The van der Waals surface area contributed by atoms with Gasteiger partial charge in [-0.15, -0.1) is 0 Å². The van der Waals surface area contributed by atoms with Gasteiger partial charge in [0, 0.05) is 29.6 Å². The largest absolute Gasteiger partial charge is 0.494 e. The molecule has 0 aliphatic heterocycles. The fourth-order valence-electron chi connectivity index (χ4n) is 2.60. The van der Waals surface area contributed by atoms with Crippen LogP contribution in [0, 0.1) is 11.6 Å². The van der Waals surface area contributed by atoms with Gasteiger partial charge in [0.1, 0.15) is 17.4 Å². The molecule has 0 saturated heterocycles. The minimum atomic E-state index is -0.651. The van der Waals surface area contributed by atoms with Gasteiger partial charge in [-0.3, -0.25) is 4.68 Å². The van der Waals surface area contributed by atoms with Gasteiger partial charge in [0.25, 0.3) is 0 Å². The second kappa shape index (κ2) is 6.34. The zero-order chi connectivity index (χ0) is 16.4. The summed E-state index contributed by atoms with van der Waals surface area (Å²) in [4.78, 5) is 0. The summed E-state index contributed by atoms with van der Waals surface area (Å²) >= 11 is 0. The smallest absolute Gasteiger partial charge is 0.134 e. The number of fused-ring (bicyclic) bond motifs is 1. The minimum absolute atomic E-state index is 0.00934. The molecule has 4 nitrogen and oxygen atoms in total. The molecule has 1 aromatic heterocycles. The molecule has 0 amide bonds. The molecule has 0 unspecified atom stereocenters. The molecule has 0 spiro atoms. The Morgan fingerprint density at radius 3 is 2.52 bits per heavy atom. The van der Waals surface area contributed by atoms with Gasteiger partial charge in [-0.2, -0.15) is 5.10 Å². The summed E-state index contributed by atoms with van der Waals surface area (Å²) in [5.41, 5.74) is 7.14. The lowest BCUT2D eigenvalue weighted by molar-refractivity contribution is 0.335. The molecule has 23 heavy (non-hydrogen) atoms. The summed E-state index contributed by atoms with van der Waals surface area (Å²) in [6.45, 7) is 2.36. The van der Waals surface area contributed by atoms with Crippen LogP contribution in [0.25, 0.3) is 10.9 Å². The summed E-state index contributed by atoms with van der Waals surface area (Å²) < 4.78 is 35.2. The van der Waals surface area contributed by atoms with Crippen molar-refractivity contribution >= 4 is 10.9 Å². The Morgan fingerprint density at radius 1 is 1.17 bits per heavy atom. The van der Waals surface area contributed by atoms with Gasteiger partial charge >= 0.3 is 0 Å². The monoisotopic (exact) mass is 317 g/mol. The first-order valence-electron chi connectivity index (χ1n) is 7.39. The molecule has 6 heteroatoms. The molecular formula is C17H17F2N3O. The lowest BCUT2D eigenvalue weighted by Gasteiger charge is -2.09. The van der Waals surface area contributed by atoms with Crippen LogP contribution < -0.4 is 10.5 Å². The SMILES string of the molecule is CCOc1cc(F)c(Cn2nc(CN)c3ccccc32)c(F)c1. The van der Waals surface area contributed by atoms with Crippen molar-refractivity contribution in [3.63, 3.8) is 0 Å². The molecule has 2 aromatic carbocycles. The highest BCUT2D eigenvalue weighted by Gasteiger charge is 2.15. The topological polar surface area (TPSA) is 53.1 Å². The quantitative estimate of drug-likeness (QED) is 0.786. The number of rotatable bonds is 5. The van der Waals surface area contributed by atoms with E-state index in [1.54, 1.807) is 11.6 Å². The first-order chi connectivity index (χ1) is 11.1. The molecule has 120 valence electrons. The Bertz CT molecular complexity index is 822. The van der Waals surface area contributed by atoms with E-state index in [2.05, 4.69) is 5.10 Å². The van der Waals surface area contributed by atoms with E-state index in [-0.39, 0.29) is 24.4 Å². The normalized spacial score (nSPS) is 11.1. The van der Waals surface area contributed by atoms with Crippen LogP contribution in [0.2, 0.25) is 0 Å². The predicted octanol–water partition coefficient (Wildman–Crippen LogP) is 3.22. The molecule has 3 aromatic rings. The van der Waals surface area contributed by atoms with Crippen molar-refractivity contribution in [1.82, 2.24) is 9.78 Å². The standard InChI is InChI=1S/C17H17F2N3O/c1-2-23-11-7-14(18)13(15(19)8-11)10-22-17-6-4-3-5-12(17)16(9-20)21-22/h3-8H,2,9-10,20H2,1H3. The maximum atomic E-state index is 14.2. The Labute approximate surface area is 132 Å². The molecule has 0 fully saturated rings. The van der Waals surface area contributed by atoms with Gasteiger partial charge in [0.05, 0.1) is 24.4 Å². The summed E-state index contributed by atoms with van der Waals surface area (Å²) in [6, 6.07) is 9.87. The van der Waals surface area contributed by atoms with Crippen LogP contribution in [0.1, 0.15) is 18.2 Å². The van der Waals surface area contributed by atoms with Gasteiger partial charge in [-0.25, -0.2) is 8.78 Å². The number of halogens is 2. The van der Waals surface area contributed by atoms with E-state index >= 15 is 0 Å². The maximum absolute atomic E-state index is 14.2. The number of benzene rings is 2. The maximum Gasteiger partial charge on any atom is 0.134 e. The molecular weight excluding hydrogens is 300 g/mol. The lowest BCUT2D eigenvalue weighted by atomic mass is 10.1. The van der Waals surface area contributed by atoms with Gasteiger partial charge in [-0.1, -0.05) is 18.2 Å². The third-order valence-corrected chi connectivity index (χ3v) is 3.66. The Kier molecular flexibility index (Phi) is 4.25. The number of para-hydroxylation sites is 1. The van der Waals surface area contributed by atoms with Crippen LogP contribution >= 0.6 is 0 Å². The Balaban J connectivity index is 2.03. The first kappa shape index (κ1) is 15.4. The second-order valence-corrected chi connectivity index (χ2v) is 5.12. The van der Waals surface area contributed by atoms with Crippen molar-refractivity contribution in [2.24, 2.45) is 5.73 Å². The Hall–Kier alpha value is -2.47.